The Morgan fingerprint density at radius 3 is 1.60 bits per heavy atom. The monoisotopic (exact) mass is 213 g/mol. The molecule has 1 atom stereocenters. The smallest absolute Gasteiger partial charge is 0.00412 e. The molecule has 0 bridgehead atoms. The number of nitrogens with one attached hydrogen (secondary N) is 1. The van der Waals surface area contributed by atoms with Gasteiger partial charge in [-0.3, -0.25) is 0 Å². The van der Waals surface area contributed by atoms with Crippen LogP contribution in [0.5, 0.6) is 0 Å². The fourth-order valence-corrected chi connectivity index (χ4v) is 2.37. The summed E-state index contributed by atoms with van der Waals surface area (Å²) in [4.78, 5) is 0. The average molecular weight is 213 g/mol. The van der Waals surface area contributed by atoms with E-state index in [1.165, 1.54) is 13.0 Å². The van der Waals surface area contributed by atoms with Crippen LogP contribution in [0.1, 0.15) is 54.9 Å². The van der Waals surface area contributed by atoms with E-state index in [2.05, 4.69) is 53.8 Å². The molecule has 0 aliphatic rings. The molecule has 1 nitrogen and oxygen atoms in total. The van der Waals surface area contributed by atoms with Crippen LogP contribution in [0.3, 0.4) is 0 Å². The molecule has 0 rings (SSSR count). The zero-order chi connectivity index (χ0) is 12.0. The highest BCUT2D eigenvalue weighted by Gasteiger charge is 2.17. The van der Waals surface area contributed by atoms with Crippen molar-refractivity contribution in [1.82, 2.24) is 5.32 Å². The standard InChI is InChI=1S/C14H31N/c1-10(2)8-13(7)15-9-14(11(3)4)12(5)6/h10-15H,8-9H2,1-7H3. The van der Waals surface area contributed by atoms with Crippen LogP contribution < -0.4 is 5.32 Å². The van der Waals surface area contributed by atoms with Gasteiger partial charge in [-0.05, 0) is 43.6 Å². The van der Waals surface area contributed by atoms with Gasteiger partial charge in [-0.1, -0.05) is 41.5 Å². The molecule has 0 fully saturated rings. The third kappa shape index (κ3) is 6.94. The van der Waals surface area contributed by atoms with E-state index in [-0.39, 0.29) is 0 Å². The lowest BCUT2D eigenvalue weighted by Gasteiger charge is -2.27. The van der Waals surface area contributed by atoms with E-state index in [1.54, 1.807) is 0 Å². The molecule has 0 saturated heterocycles. The molecule has 0 aliphatic heterocycles. The molecule has 0 aromatic rings. The number of hydrogen-bond acceptors (Lipinski definition) is 1. The third-order valence-corrected chi connectivity index (χ3v) is 3.24. The molecule has 0 amide bonds. The van der Waals surface area contributed by atoms with Gasteiger partial charge in [0.1, 0.15) is 0 Å². The molecule has 1 unspecified atom stereocenters. The van der Waals surface area contributed by atoms with Gasteiger partial charge in [0.2, 0.25) is 0 Å². The van der Waals surface area contributed by atoms with Crippen LogP contribution in [0.2, 0.25) is 0 Å². The first-order valence-electron chi connectivity index (χ1n) is 6.58. The summed E-state index contributed by atoms with van der Waals surface area (Å²) >= 11 is 0. The predicted octanol–water partition coefficient (Wildman–Crippen LogP) is 3.94. The van der Waals surface area contributed by atoms with Crippen molar-refractivity contribution in [2.75, 3.05) is 6.54 Å². The van der Waals surface area contributed by atoms with Gasteiger partial charge in [-0.2, -0.15) is 0 Å². The Kier molecular flexibility index (Phi) is 7.25. The van der Waals surface area contributed by atoms with E-state index in [0.717, 1.165) is 23.7 Å². The van der Waals surface area contributed by atoms with Crippen LogP contribution in [-0.4, -0.2) is 12.6 Å². The highest BCUT2D eigenvalue weighted by Crippen LogP contribution is 2.19. The van der Waals surface area contributed by atoms with Crippen molar-refractivity contribution < 1.29 is 0 Å². The van der Waals surface area contributed by atoms with Crippen molar-refractivity contribution in [3.8, 4) is 0 Å². The van der Waals surface area contributed by atoms with Gasteiger partial charge in [0.25, 0.3) is 0 Å². The highest BCUT2D eigenvalue weighted by atomic mass is 14.9. The van der Waals surface area contributed by atoms with Crippen LogP contribution in [-0.2, 0) is 0 Å². The summed E-state index contributed by atoms with van der Waals surface area (Å²) in [5.74, 6) is 3.16. The minimum Gasteiger partial charge on any atom is -0.314 e. The molecule has 0 heterocycles. The fourth-order valence-electron chi connectivity index (χ4n) is 2.37. The summed E-state index contributed by atoms with van der Waals surface area (Å²) in [7, 11) is 0. The van der Waals surface area contributed by atoms with Gasteiger partial charge in [-0.25, -0.2) is 0 Å². The third-order valence-electron chi connectivity index (χ3n) is 3.24. The van der Waals surface area contributed by atoms with Crippen molar-refractivity contribution in [2.24, 2.45) is 23.7 Å². The molecular formula is C14H31N. The first-order valence-corrected chi connectivity index (χ1v) is 6.58. The summed E-state index contributed by atoms with van der Waals surface area (Å²) in [6.45, 7) is 17.4. The lowest BCUT2D eigenvalue weighted by atomic mass is 9.85. The first kappa shape index (κ1) is 15.0. The lowest BCUT2D eigenvalue weighted by molar-refractivity contribution is 0.262. The minimum atomic E-state index is 0.657. The first-order chi connectivity index (χ1) is 6.84. The Morgan fingerprint density at radius 1 is 0.800 bits per heavy atom. The van der Waals surface area contributed by atoms with Crippen LogP contribution in [0.25, 0.3) is 0 Å². The van der Waals surface area contributed by atoms with E-state index in [0.29, 0.717) is 6.04 Å². The topological polar surface area (TPSA) is 12.0 Å². The second-order valence-electron chi connectivity index (χ2n) is 6.09. The van der Waals surface area contributed by atoms with Gasteiger partial charge in [0.15, 0.2) is 0 Å². The molecular weight excluding hydrogens is 182 g/mol. The molecule has 1 heteroatoms. The number of rotatable bonds is 7. The fraction of sp³-hybridized carbons (Fsp3) is 1.00. The molecule has 1 N–H and O–H groups in total. The molecule has 0 aromatic heterocycles. The van der Waals surface area contributed by atoms with Crippen LogP contribution >= 0.6 is 0 Å². The Balaban J connectivity index is 3.89. The summed E-state index contributed by atoms with van der Waals surface area (Å²) in [5.41, 5.74) is 0. The molecule has 0 radical (unpaired) electrons. The van der Waals surface area contributed by atoms with Crippen molar-refractivity contribution >= 4 is 0 Å². The SMILES string of the molecule is CC(C)CC(C)NCC(C(C)C)C(C)C. The Bertz CT molecular complexity index is 141. The average Bonchev–Trinajstić information content (AvgIpc) is 2.00. The molecule has 0 aromatic carbocycles. The second kappa shape index (κ2) is 7.27. The zero-order valence-corrected chi connectivity index (χ0v) is 11.8. The number of hydrogen-bond donors (Lipinski definition) is 1. The van der Waals surface area contributed by atoms with E-state index in [1.807, 2.05) is 0 Å². The quantitative estimate of drug-likeness (QED) is 0.675. The van der Waals surface area contributed by atoms with E-state index in [9.17, 15) is 0 Å². The van der Waals surface area contributed by atoms with Crippen molar-refractivity contribution in [1.29, 1.82) is 0 Å². The van der Waals surface area contributed by atoms with Crippen LogP contribution in [0.4, 0.5) is 0 Å². The van der Waals surface area contributed by atoms with E-state index in [4.69, 9.17) is 0 Å². The normalized spacial score (nSPS) is 14.6. The van der Waals surface area contributed by atoms with Crippen molar-refractivity contribution in [3.05, 3.63) is 0 Å². The van der Waals surface area contributed by atoms with Crippen LogP contribution in [0, 0.1) is 23.7 Å². The highest BCUT2D eigenvalue weighted by molar-refractivity contribution is 4.72. The summed E-state index contributed by atoms with van der Waals surface area (Å²) in [5, 5.41) is 3.68. The second-order valence-corrected chi connectivity index (χ2v) is 6.09. The lowest BCUT2D eigenvalue weighted by Crippen LogP contribution is -2.35. The minimum absolute atomic E-state index is 0.657. The maximum absolute atomic E-state index is 3.68. The summed E-state index contributed by atoms with van der Waals surface area (Å²) < 4.78 is 0. The summed E-state index contributed by atoms with van der Waals surface area (Å²) in [6, 6.07) is 0.657. The molecule has 0 saturated carbocycles. The zero-order valence-electron chi connectivity index (χ0n) is 11.8. The van der Waals surface area contributed by atoms with E-state index >= 15 is 0 Å². The Labute approximate surface area is 97.0 Å². The Morgan fingerprint density at radius 2 is 1.27 bits per heavy atom. The van der Waals surface area contributed by atoms with Crippen molar-refractivity contribution in [3.63, 3.8) is 0 Å². The summed E-state index contributed by atoms with van der Waals surface area (Å²) in [6.07, 6.45) is 1.28. The molecule has 15 heavy (non-hydrogen) atoms. The van der Waals surface area contributed by atoms with E-state index < -0.39 is 0 Å². The van der Waals surface area contributed by atoms with Crippen molar-refractivity contribution in [2.45, 2.75) is 60.9 Å². The predicted molar refractivity (Wildman–Crippen MR) is 70.1 cm³/mol. The van der Waals surface area contributed by atoms with Gasteiger partial charge in [-0.15, -0.1) is 0 Å². The molecule has 0 aliphatic carbocycles. The molecule has 0 spiro atoms. The molecule has 92 valence electrons. The largest absolute Gasteiger partial charge is 0.314 e. The maximum atomic E-state index is 3.68. The Hall–Kier alpha value is -0.0400. The van der Waals surface area contributed by atoms with Gasteiger partial charge in [0.05, 0.1) is 0 Å². The van der Waals surface area contributed by atoms with Crippen LogP contribution in [0.15, 0.2) is 0 Å². The van der Waals surface area contributed by atoms with Gasteiger partial charge >= 0.3 is 0 Å². The van der Waals surface area contributed by atoms with Gasteiger partial charge in [0, 0.05) is 6.04 Å². The maximum Gasteiger partial charge on any atom is 0.00412 e. The van der Waals surface area contributed by atoms with Gasteiger partial charge < -0.3 is 5.32 Å².